The van der Waals surface area contributed by atoms with Crippen LogP contribution in [0.15, 0.2) is 48.0 Å². The molecule has 3 aromatic rings. The van der Waals surface area contributed by atoms with Gasteiger partial charge in [0.25, 0.3) is 0 Å². The van der Waals surface area contributed by atoms with Crippen molar-refractivity contribution in [3.05, 3.63) is 64.9 Å². The third kappa shape index (κ3) is 3.42. The molecule has 27 heavy (non-hydrogen) atoms. The minimum absolute atomic E-state index is 0.0369. The van der Waals surface area contributed by atoms with Crippen molar-refractivity contribution in [1.82, 2.24) is 4.98 Å². The first-order valence-corrected chi connectivity index (χ1v) is 8.64. The second-order valence-electron chi connectivity index (χ2n) is 5.98. The molecule has 5 nitrogen and oxygen atoms in total. The Morgan fingerprint density at radius 3 is 2.70 bits per heavy atom. The zero-order valence-corrected chi connectivity index (χ0v) is 15.5. The number of aromatic amines is 1. The number of fused-ring (bicyclic) bond motifs is 1. The number of benzene rings is 2. The van der Waals surface area contributed by atoms with Crippen LogP contribution in [0, 0.1) is 18.3 Å². The molecule has 0 radical (unpaired) electrons. The minimum Gasteiger partial charge on any atom is -0.492 e. The van der Waals surface area contributed by atoms with Crippen molar-refractivity contribution in [2.45, 2.75) is 13.8 Å². The van der Waals surface area contributed by atoms with E-state index in [0.717, 1.165) is 16.6 Å². The van der Waals surface area contributed by atoms with E-state index in [9.17, 15) is 10.1 Å². The van der Waals surface area contributed by atoms with Gasteiger partial charge >= 0.3 is 0 Å². The number of nitriles is 1. The van der Waals surface area contributed by atoms with Crippen LogP contribution in [0.3, 0.4) is 0 Å². The van der Waals surface area contributed by atoms with Gasteiger partial charge in [0, 0.05) is 22.2 Å². The number of aromatic nitrogens is 1. The number of methoxy groups -OCH3 is 1. The Bertz CT molecular complexity index is 1070. The molecule has 0 saturated carbocycles. The van der Waals surface area contributed by atoms with E-state index >= 15 is 0 Å². The molecule has 0 aliphatic carbocycles. The highest BCUT2D eigenvalue weighted by Crippen LogP contribution is 2.33. The van der Waals surface area contributed by atoms with Crippen LogP contribution < -0.4 is 9.47 Å². The molecular formula is C22H20N2O3. The normalized spacial score (nSPS) is 11.3. The van der Waals surface area contributed by atoms with E-state index < -0.39 is 0 Å². The fourth-order valence-electron chi connectivity index (χ4n) is 3.14. The zero-order chi connectivity index (χ0) is 19.4. The molecule has 0 aliphatic heterocycles. The Morgan fingerprint density at radius 2 is 2.00 bits per heavy atom. The molecule has 0 atom stereocenters. The van der Waals surface area contributed by atoms with Gasteiger partial charge in [0.1, 0.15) is 11.6 Å². The number of hydrogen-bond donors (Lipinski definition) is 1. The third-order valence-corrected chi connectivity index (χ3v) is 4.30. The molecule has 5 heteroatoms. The second kappa shape index (κ2) is 7.79. The van der Waals surface area contributed by atoms with Crippen molar-refractivity contribution >= 4 is 22.8 Å². The van der Waals surface area contributed by atoms with Gasteiger partial charge in [-0.15, -0.1) is 0 Å². The van der Waals surface area contributed by atoms with Crippen LogP contribution in [0.25, 0.3) is 17.0 Å². The first-order chi connectivity index (χ1) is 13.1. The largest absolute Gasteiger partial charge is 0.492 e. The molecule has 136 valence electrons. The number of nitrogens with zero attached hydrogens (tertiary/aromatic N) is 1. The lowest BCUT2D eigenvalue weighted by Crippen LogP contribution is -2.04. The molecule has 1 aromatic heterocycles. The number of carbonyl (C=O) groups excluding carboxylic acids is 1. The average Bonchev–Trinajstić information content (AvgIpc) is 3.01. The molecule has 0 saturated heterocycles. The van der Waals surface area contributed by atoms with Gasteiger partial charge in [0.2, 0.25) is 5.78 Å². The highest BCUT2D eigenvalue weighted by molar-refractivity contribution is 6.20. The molecule has 0 fully saturated rings. The zero-order valence-electron chi connectivity index (χ0n) is 15.5. The maximum Gasteiger partial charge on any atom is 0.205 e. The summed E-state index contributed by atoms with van der Waals surface area (Å²) in [5, 5.41) is 10.4. The summed E-state index contributed by atoms with van der Waals surface area (Å²) in [5.41, 5.74) is 2.77. The van der Waals surface area contributed by atoms with Crippen molar-refractivity contribution in [1.29, 1.82) is 5.26 Å². The lowest BCUT2D eigenvalue weighted by molar-refractivity contribution is 0.104. The van der Waals surface area contributed by atoms with E-state index in [1.165, 1.54) is 7.11 Å². The van der Waals surface area contributed by atoms with Gasteiger partial charge < -0.3 is 14.5 Å². The number of para-hydroxylation sites is 2. The number of hydrogen-bond acceptors (Lipinski definition) is 4. The monoisotopic (exact) mass is 360 g/mol. The predicted octanol–water partition coefficient (Wildman–Crippen LogP) is 4.67. The maximum atomic E-state index is 13.1. The van der Waals surface area contributed by atoms with E-state index in [0.29, 0.717) is 29.2 Å². The second-order valence-corrected chi connectivity index (χ2v) is 5.98. The molecule has 0 bridgehead atoms. The standard InChI is InChI=1S/C22H20N2O3/c1-4-27-19-11-7-8-15(22(19)26-3)12-16(13-23)21(25)20-14(2)24-18-10-6-5-9-17(18)20/h5-12,24H,4H2,1-3H3. The molecule has 1 N–H and O–H groups in total. The first-order valence-electron chi connectivity index (χ1n) is 8.64. The van der Waals surface area contributed by atoms with E-state index in [2.05, 4.69) is 4.98 Å². The number of nitrogens with one attached hydrogen (secondary N) is 1. The van der Waals surface area contributed by atoms with Gasteiger partial charge in [0.05, 0.1) is 19.3 Å². The summed E-state index contributed by atoms with van der Waals surface area (Å²) in [7, 11) is 1.53. The summed E-state index contributed by atoms with van der Waals surface area (Å²) in [6.45, 7) is 4.20. The van der Waals surface area contributed by atoms with Crippen molar-refractivity contribution < 1.29 is 14.3 Å². The quantitative estimate of drug-likeness (QED) is 0.394. The summed E-state index contributed by atoms with van der Waals surface area (Å²) in [6.07, 6.45) is 1.55. The van der Waals surface area contributed by atoms with Crippen LogP contribution in [-0.4, -0.2) is 24.5 Å². The maximum absolute atomic E-state index is 13.1. The topological polar surface area (TPSA) is 75.1 Å². The summed E-state index contributed by atoms with van der Waals surface area (Å²) >= 11 is 0. The summed E-state index contributed by atoms with van der Waals surface area (Å²) in [4.78, 5) is 16.3. The summed E-state index contributed by atoms with van der Waals surface area (Å²) in [5.74, 6) is 0.744. The van der Waals surface area contributed by atoms with E-state index in [1.54, 1.807) is 24.3 Å². The highest BCUT2D eigenvalue weighted by Gasteiger charge is 2.20. The average molecular weight is 360 g/mol. The Balaban J connectivity index is 2.10. The van der Waals surface area contributed by atoms with E-state index in [1.807, 2.05) is 44.2 Å². The number of H-pyrrole nitrogens is 1. The molecular weight excluding hydrogens is 340 g/mol. The number of carbonyl (C=O) groups is 1. The van der Waals surface area contributed by atoms with Crippen LogP contribution in [0.5, 0.6) is 11.5 Å². The molecule has 2 aromatic carbocycles. The fourth-order valence-corrected chi connectivity index (χ4v) is 3.14. The van der Waals surface area contributed by atoms with Crippen LogP contribution in [-0.2, 0) is 0 Å². The predicted molar refractivity (Wildman–Crippen MR) is 105 cm³/mol. The number of rotatable bonds is 6. The minimum atomic E-state index is -0.323. The highest BCUT2D eigenvalue weighted by atomic mass is 16.5. The van der Waals surface area contributed by atoms with Gasteiger partial charge in [0.15, 0.2) is 11.5 Å². The fraction of sp³-hybridized carbons (Fsp3) is 0.182. The summed E-state index contributed by atoms with van der Waals surface area (Å²) in [6, 6.07) is 15.0. The smallest absolute Gasteiger partial charge is 0.205 e. The first kappa shape index (κ1) is 18.3. The Morgan fingerprint density at radius 1 is 1.22 bits per heavy atom. The number of aryl methyl sites for hydroxylation is 1. The molecule has 0 spiro atoms. The number of ether oxygens (including phenoxy) is 2. The molecule has 1 heterocycles. The van der Waals surface area contributed by atoms with Crippen LogP contribution in [0.4, 0.5) is 0 Å². The van der Waals surface area contributed by atoms with Crippen molar-refractivity contribution in [3.8, 4) is 17.6 Å². The number of ketones is 1. The van der Waals surface area contributed by atoms with Crippen LogP contribution >= 0.6 is 0 Å². The summed E-state index contributed by atoms with van der Waals surface area (Å²) < 4.78 is 11.0. The molecule has 0 unspecified atom stereocenters. The van der Waals surface area contributed by atoms with Crippen LogP contribution in [0.1, 0.15) is 28.5 Å². The van der Waals surface area contributed by atoms with E-state index in [4.69, 9.17) is 9.47 Å². The van der Waals surface area contributed by atoms with Crippen molar-refractivity contribution in [3.63, 3.8) is 0 Å². The van der Waals surface area contributed by atoms with Gasteiger partial charge in [-0.2, -0.15) is 5.26 Å². The Kier molecular flexibility index (Phi) is 5.28. The molecule has 0 amide bonds. The number of Topliss-reactive ketones (excluding diaryl/α,β-unsaturated/α-hetero) is 1. The van der Waals surface area contributed by atoms with Gasteiger partial charge in [-0.3, -0.25) is 4.79 Å². The van der Waals surface area contributed by atoms with Gasteiger partial charge in [-0.1, -0.05) is 30.3 Å². The molecule has 3 rings (SSSR count). The van der Waals surface area contributed by atoms with E-state index in [-0.39, 0.29) is 11.4 Å². The SMILES string of the molecule is CCOc1cccc(C=C(C#N)C(=O)c2c(C)[nH]c3ccccc23)c1OC. The van der Waals surface area contributed by atoms with Crippen LogP contribution in [0.2, 0.25) is 0 Å². The Labute approximate surface area is 157 Å². The molecule has 0 aliphatic rings. The van der Waals surface area contributed by atoms with Gasteiger partial charge in [-0.05, 0) is 32.1 Å². The number of allylic oxidation sites excluding steroid dienone is 1. The van der Waals surface area contributed by atoms with Gasteiger partial charge in [-0.25, -0.2) is 0 Å². The van der Waals surface area contributed by atoms with Crippen molar-refractivity contribution in [2.24, 2.45) is 0 Å². The van der Waals surface area contributed by atoms with Crippen molar-refractivity contribution in [2.75, 3.05) is 13.7 Å². The third-order valence-electron chi connectivity index (χ3n) is 4.30. The lowest BCUT2D eigenvalue weighted by Gasteiger charge is -2.11. The lowest BCUT2D eigenvalue weighted by atomic mass is 9.99. The Hall–Kier alpha value is -3.52.